The maximum Gasteiger partial charge on any atom is 0.0737 e. The van der Waals surface area contributed by atoms with Gasteiger partial charge in [-0.1, -0.05) is 191 Å². The van der Waals surface area contributed by atoms with Crippen LogP contribution in [0.25, 0.3) is 97.0 Å². The van der Waals surface area contributed by atoms with Gasteiger partial charge in [-0.05, 0) is 87.9 Å². The van der Waals surface area contributed by atoms with Gasteiger partial charge in [0.05, 0.1) is 41.0 Å². The SMILES string of the molecule is C=Cc1ccc(COC(CCCCCC)Cc2cc3[nH]c2c(-c2ccccc2)c2nc(c(-c4ccccc4)c4ccc([nH]4)c(-c4ccccc4)c4nc(c3-c3ccccc3)C=C4)C=C2)cc1. The predicted octanol–water partition coefficient (Wildman–Crippen LogP) is 16.1. The number of rotatable bonds is 15. The normalized spacial score (nSPS) is 12.4. The number of H-pyrrole nitrogens is 2. The van der Waals surface area contributed by atoms with E-state index in [0.717, 1.165) is 113 Å². The molecule has 0 amide bonds. The van der Waals surface area contributed by atoms with Crippen molar-refractivity contribution in [3.63, 3.8) is 0 Å². The zero-order valence-electron chi connectivity index (χ0n) is 37.5. The largest absolute Gasteiger partial charge is 0.373 e. The molecule has 324 valence electrons. The van der Waals surface area contributed by atoms with Gasteiger partial charge in [0.1, 0.15) is 0 Å². The fourth-order valence-corrected chi connectivity index (χ4v) is 9.40. The number of nitrogens with zero attached hydrogens (tertiary/aromatic N) is 2. The van der Waals surface area contributed by atoms with E-state index in [4.69, 9.17) is 14.7 Å². The number of hydrogen-bond donors (Lipinski definition) is 2. The summed E-state index contributed by atoms with van der Waals surface area (Å²) >= 11 is 0. The molecular formula is C61H54N4O. The minimum atomic E-state index is -0.0237. The van der Waals surface area contributed by atoms with Crippen molar-refractivity contribution in [3.05, 3.63) is 210 Å². The highest BCUT2D eigenvalue weighted by Crippen LogP contribution is 2.40. The third-order valence-corrected chi connectivity index (χ3v) is 12.7. The van der Waals surface area contributed by atoms with Crippen LogP contribution in [-0.2, 0) is 17.8 Å². The van der Waals surface area contributed by atoms with E-state index in [1.165, 1.54) is 24.8 Å². The number of unbranched alkanes of at least 4 members (excludes halogenated alkanes) is 3. The lowest BCUT2D eigenvalue weighted by Crippen LogP contribution is -2.16. The van der Waals surface area contributed by atoms with Crippen molar-refractivity contribution >= 4 is 52.4 Å². The molecule has 2 aliphatic heterocycles. The number of ether oxygens (including phenoxy) is 1. The molecule has 2 N–H and O–H groups in total. The van der Waals surface area contributed by atoms with Crippen molar-refractivity contribution in [2.45, 2.75) is 58.2 Å². The Morgan fingerprint density at radius 1 is 0.515 bits per heavy atom. The lowest BCUT2D eigenvalue weighted by atomic mass is 9.97. The molecule has 5 heterocycles. The number of aromatic nitrogens is 4. The first-order valence-corrected chi connectivity index (χ1v) is 23.4. The van der Waals surface area contributed by atoms with Crippen molar-refractivity contribution in [1.29, 1.82) is 0 Å². The number of fused-ring (bicyclic) bond motifs is 8. The molecule has 0 spiro atoms. The van der Waals surface area contributed by atoms with E-state index >= 15 is 0 Å². The number of hydrogen-bond acceptors (Lipinski definition) is 3. The Labute approximate surface area is 388 Å². The van der Waals surface area contributed by atoms with Gasteiger partial charge in [-0.25, -0.2) is 9.97 Å². The van der Waals surface area contributed by atoms with E-state index in [2.05, 4.69) is 212 Å². The van der Waals surface area contributed by atoms with E-state index in [-0.39, 0.29) is 6.10 Å². The minimum absolute atomic E-state index is 0.0237. The van der Waals surface area contributed by atoms with E-state index in [0.29, 0.717) is 13.0 Å². The molecule has 0 fully saturated rings. The fourth-order valence-electron chi connectivity index (χ4n) is 9.40. The van der Waals surface area contributed by atoms with E-state index in [1.54, 1.807) is 0 Å². The Morgan fingerprint density at radius 2 is 0.985 bits per heavy atom. The Hall–Kier alpha value is -7.60. The summed E-state index contributed by atoms with van der Waals surface area (Å²) in [4.78, 5) is 19.1. The molecule has 0 radical (unpaired) electrons. The molecule has 10 rings (SSSR count). The van der Waals surface area contributed by atoms with Crippen LogP contribution in [0.3, 0.4) is 0 Å². The molecule has 8 aromatic rings. The first-order valence-electron chi connectivity index (χ1n) is 23.4. The second-order valence-corrected chi connectivity index (χ2v) is 17.2. The number of benzene rings is 5. The standard InChI is InChI=1S/C61H54N4O/c1-3-5-6-19-28-49(66-41-43-31-29-42(4-2)30-32-43)39-48-40-56-59(46-24-15-9-16-25-46)54-36-35-52(63-54)57(44-20-11-7-12-21-44)50-33-34-51(62-50)58(45-22-13-8-14-23-45)53-37-38-55(64-53)60(61(48)65-56)47-26-17-10-18-27-47/h4,7-18,20-27,29-38,40,49,62,65H,2-3,5-6,19,28,39,41H2,1H3. The number of nitrogens with one attached hydrogen (secondary N) is 2. The topological polar surface area (TPSA) is 66.6 Å². The third-order valence-electron chi connectivity index (χ3n) is 12.7. The van der Waals surface area contributed by atoms with Gasteiger partial charge in [-0.15, -0.1) is 0 Å². The third kappa shape index (κ3) is 9.04. The molecular weight excluding hydrogens is 805 g/mol. The molecule has 5 nitrogen and oxygen atoms in total. The summed E-state index contributed by atoms with van der Waals surface area (Å²) in [6.45, 7) is 6.76. The van der Waals surface area contributed by atoms with Gasteiger partial charge in [0.25, 0.3) is 0 Å². The summed E-state index contributed by atoms with van der Waals surface area (Å²) in [5.74, 6) is 0. The van der Waals surface area contributed by atoms with Crippen LogP contribution in [0.2, 0.25) is 0 Å². The first-order chi connectivity index (χ1) is 32.6. The molecule has 8 bridgehead atoms. The molecule has 5 aromatic carbocycles. The van der Waals surface area contributed by atoms with Gasteiger partial charge in [0.15, 0.2) is 0 Å². The molecule has 5 heteroatoms. The van der Waals surface area contributed by atoms with Crippen LogP contribution in [0, 0.1) is 0 Å². The maximum absolute atomic E-state index is 6.97. The van der Waals surface area contributed by atoms with Crippen molar-refractivity contribution in [2.24, 2.45) is 0 Å². The van der Waals surface area contributed by atoms with Crippen LogP contribution in [0.1, 0.15) is 78.5 Å². The van der Waals surface area contributed by atoms with Crippen molar-refractivity contribution in [2.75, 3.05) is 0 Å². The minimum Gasteiger partial charge on any atom is -0.373 e. The van der Waals surface area contributed by atoms with Crippen LogP contribution >= 0.6 is 0 Å². The molecule has 3 aromatic heterocycles. The van der Waals surface area contributed by atoms with E-state index < -0.39 is 0 Å². The summed E-state index contributed by atoms with van der Waals surface area (Å²) in [5, 5.41) is 0. The number of aromatic amines is 2. The Kier molecular flexibility index (Phi) is 12.6. The summed E-state index contributed by atoms with van der Waals surface area (Å²) in [6, 6.07) is 57.8. The summed E-state index contributed by atoms with van der Waals surface area (Å²) in [5.41, 5.74) is 19.5. The highest BCUT2D eigenvalue weighted by atomic mass is 16.5. The molecule has 1 unspecified atom stereocenters. The van der Waals surface area contributed by atoms with Gasteiger partial charge >= 0.3 is 0 Å². The van der Waals surface area contributed by atoms with Gasteiger partial charge < -0.3 is 14.7 Å². The van der Waals surface area contributed by atoms with Crippen LogP contribution in [0.4, 0.5) is 0 Å². The van der Waals surface area contributed by atoms with Gasteiger partial charge in [0.2, 0.25) is 0 Å². The van der Waals surface area contributed by atoms with E-state index in [9.17, 15) is 0 Å². The van der Waals surface area contributed by atoms with Crippen LogP contribution in [-0.4, -0.2) is 26.0 Å². The van der Waals surface area contributed by atoms with Gasteiger partial charge in [-0.3, -0.25) is 0 Å². The highest BCUT2D eigenvalue weighted by Gasteiger charge is 2.22. The molecule has 0 saturated carbocycles. The second kappa shape index (κ2) is 19.6. The fraction of sp³-hybridized carbons (Fsp3) is 0.148. The van der Waals surface area contributed by atoms with Crippen molar-refractivity contribution in [3.8, 4) is 44.5 Å². The zero-order valence-corrected chi connectivity index (χ0v) is 37.5. The Balaban J connectivity index is 1.29. The van der Waals surface area contributed by atoms with Crippen LogP contribution in [0.15, 0.2) is 170 Å². The summed E-state index contributed by atoms with van der Waals surface area (Å²) in [6.07, 6.45) is 16.9. The monoisotopic (exact) mass is 858 g/mol. The lowest BCUT2D eigenvalue weighted by Gasteiger charge is -2.19. The first kappa shape index (κ1) is 42.4. The van der Waals surface area contributed by atoms with Gasteiger partial charge in [0, 0.05) is 45.2 Å². The Morgan fingerprint density at radius 3 is 1.47 bits per heavy atom. The lowest BCUT2D eigenvalue weighted by molar-refractivity contribution is 0.0338. The molecule has 2 aliphatic rings. The Bertz CT molecular complexity index is 3200. The second-order valence-electron chi connectivity index (χ2n) is 17.2. The summed E-state index contributed by atoms with van der Waals surface area (Å²) < 4.78 is 6.97. The average molecular weight is 859 g/mol. The quantitative estimate of drug-likeness (QED) is 0.101. The van der Waals surface area contributed by atoms with Crippen LogP contribution in [0.5, 0.6) is 0 Å². The van der Waals surface area contributed by atoms with Crippen LogP contribution < -0.4 is 0 Å². The average Bonchev–Trinajstić information content (AvgIpc) is 4.22. The highest BCUT2D eigenvalue weighted by molar-refractivity contribution is 6.00. The summed E-state index contributed by atoms with van der Waals surface area (Å²) in [7, 11) is 0. The molecule has 1 atom stereocenters. The maximum atomic E-state index is 6.97. The zero-order chi connectivity index (χ0) is 44.7. The molecule has 0 aliphatic carbocycles. The van der Waals surface area contributed by atoms with Gasteiger partial charge in [-0.2, -0.15) is 0 Å². The molecule has 0 saturated heterocycles. The predicted molar refractivity (Wildman–Crippen MR) is 278 cm³/mol. The smallest absolute Gasteiger partial charge is 0.0737 e. The van der Waals surface area contributed by atoms with Crippen molar-refractivity contribution < 1.29 is 4.74 Å². The van der Waals surface area contributed by atoms with E-state index in [1.807, 2.05) is 6.08 Å². The molecule has 66 heavy (non-hydrogen) atoms. The van der Waals surface area contributed by atoms with Crippen molar-refractivity contribution in [1.82, 2.24) is 19.9 Å².